The Balaban J connectivity index is 0.000000729. The Hall–Kier alpha value is -6.03. The van der Waals surface area contributed by atoms with Gasteiger partial charge >= 0.3 is 0 Å². The van der Waals surface area contributed by atoms with E-state index in [9.17, 15) is 0 Å². The van der Waals surface area contributed by atoms with E-state index < -0.39 is 0 Å². The number of benzene rings is 6. The minimum absolute atomic E-state index is 0.370. The average molecular weight is 643 g/mol. The molecule has 2 aliphatic rings. The summed E-state index contributed by atoms with van der Waals surface area (Å²) in [5.74, 6) is 0. The summed E-state index contributed by atoms with van der Waals surface area (Å²) >= 11 is 1.87. The molecule has 11 rings (SSSR count). The molecule has 3 heteroatoms. The zero-order valence-corrected chi connectivity index (χ0v) is 27.5. The quantitative estimate of drug-likeness (QED) is 0.172. The van der Waals surface area contributed by atoms with Crippen molar-refractivity contribution in [2.24, 2.45) is 0 Å². The van der Waals surface area contributed by atoms with Gasteiger partial charge < -0.3 is 4.57 Å². The van der Waals surface area contributed by atoms with Crippen molar-refractivity contribution in [2.75, 3.05) is 0 Å². The van der Waals surface area contributed by atoms with Gasteiger partial charge in [-0.05, 0) is 87.0 Å². The lowest BCUT2D eigenvalue weighted by molar-refractivity contribution is 0.792. The third-order valence-corrected chi connectivity index (χ3v) is 11.6. The van der Waals surface area contributed by atoms with Gasteiger partial charge in [-0.3, -0.25) is 4.98 Å². The van der Waals surface area contributed by atoms with E-state index in [1.807, 2.05) is 17.5 Å². The zero-order chi connectivity index (χ0) is 32.7. The fourth-order valence-corrected chi connectivity index (χ4v) is 9.67. The molecule has 1 spiro atoms. The third-order valence-electron chi connectivity index (χ3n) is 10.4. The van der Waals surface area contributed by atoms with E-state index in [4.69, 9.17) is 4.98 Å². The molecule has 9 aromatic rings. The second-order valence-electron chi connectivity index (χ2n) is 12.8. The Labute approximate surface area is 288 Å². The van der Waals surface area contributed by atoms with Crippen LogP contribution in [0.25, 0.3) is 70.0 Å². The molecule has 0 fully saturated rings. The van der Waals surface area contributed by atoms with Crippen molar-refractivity contribution in [2.45, 2.75) is 5.41 Å². The predicted molar refractivity (Wildman–Crippen MR) is 208 cm³/mol. The smallest absolute Gasteiger partial charge is 0.0963 e. The van der Waals surface area contributed by atoms with Crippen LogP contribution >= 0.6 is 11.3 Å². The first-order valence-corrected chi connectivity index (χ1v) is 17.4. The molecule has 0 unspecified atom stereocenters. The molecule has 230 valence electrons. The number of pyridine rings is 1. The number of thiophene rings is 1. The Morgan fingerprint density at radius 1 is 0.510 bits per heavy atom. The summed E-state index contributed by atoms with van der Waals surface area (Å²) in [6, 6.07) is 51.9. The SMILES string of the molecule is C=CC=C.c1ccc2c(c1)-c1ccccc1C21c2ccccc2-c2ccc(-n3c4cc5sc6ccccc6c5cc4c4ncccc43)cc21. The lowest BCUT2D eigenvalue weighted by atomic mass is 9.70. The Morgan fingerprint density at radius 2 is 1.12 bits per heavy atom. The number of fused-ring (bicyclic) bond motifs is 16. The van der Waals surface area contributed by atoms with Crippen LogP contribution in [0.15, 0.2) is 171 Å². The molecule has 0 radical (unpaired) electrons. The maximum atomic E-state index is 4.94. The number of aromatic nitrogens is 2. The molecule has 0 N–H and O–H groups in total. The van der Waals surface area contributed by atoms with Crippen LogP contribution in [0.1, 0.15) is 22.3 Å². The van der Waals surface area contributed by atoms with Crippen LogP contribution < -0.4 is 0 Å². The minimum Gasteiger partial charge on any atom is -0.308 e. The van der Waals surface area contributed by atoms with Crippen molar-refractivity contribution >= 4 is 53.4 Å². The summed E-state index contributed by atoms with van der Waals surface area (Å²) in [5.41, 5.74) is 14.9. The highest BCUT2D eigenvalue weighted by Crippen LogP contribution is 2.63. The molecular weight excluding hydrogens is 613 g/mol. The first-order chi connectivity index (χ1) is 24.2. The number of nitrogens with zero attached hydrogens (tertiary/aromatic N) is 2. The molecule has 49 heavy (non-hydrogen) atoms. The summed E-state index contributed by atoms with van der Waals surface area (Å²) in [7, 11) is 0. The van der Waals surface area contributed by atoms with Crippen LogP contribution in [-0.2, 0) is 5.41 Å². The van der Waals surface area contributed by atoms with Crippen molar-refractivity contribution in [3.05, 3.63) is 193 Å². The fourth-order valence-electron chi connectivity index (χ4n) is 8.55. The van der Waals surface area contributed by atoms with Gasteiger partial charge in [0.1, 0.15) is 0 Å². The van der Waals surface area contributed by atoms with Crippen molar-refractivity contribution in [1.82, 2.24) is 9.55 Å². The first-order valence-electron chi connectivity index (χ1n) is 16.6. The fraction of sp³-hybridized carbons (Fsp3) is 0.0217. The highest BCUT2D eigenvalue weighted by molar-refractivity contribution is 7.25. The summed E-state index contributed by atoms with van der Waals surface area (Å²) in [6.45, 7) is 6.72. The summed E-state index contributed by atoms with van der Waals surface area (Å²) in [4.78, 5) is 4.94. The van der Waals surface area contributed by atoms with E-state index in [0.29, 0.717) is 0 Å². The van der Waals surface area contributed by atoms with Gasteiger partial charge in [0, 0.05) is 37.4 Å². The molecule has 0 aliphatic heterocycles. The van der Waals surface area contributed by atoms with Gasteiger partial charge in [-0.1, -0.05) is 122 Å². The monoisotopic (exact) mass is 642 g/mol. The molecule has 0 saturated heterocycles. The molecule has 6 aromatic carbocycles. The second-order valence-corrected chi connectivity index (χ2v) is 13.8. The van der Waals surface area contributed by atoms with Gasteiger partial charge in [0.05, 0.1) is 22.0 Å². The van der Waals surface area contributed by atoms with Gasteiger partial charge in [-0.2, -0.15) is 0 Å². The van der Waals surface area contributed by atoms with Gasteiger partial charge in [0.15, 0.2) is 0 Å². The zero-order valence-electron chi connectivity index (χ0n) is 26.7. The lowest BCUT2D eigenvalue weighted by Crippen LogP contribution is -2.26. The second kappa shape index (κ2) is 10.5. The Morgan fingerprint density at radius 3 is 1.80 bits per heavy atom. The molecule has 0 bridgehead atoms. The first kappa shape index (κ1) is 28.0. The summed E-state index contributed by atoms with van der Waals surface area (Å²) in [5, 5.41) is 3.80. The maximum absolute atomic E-state index is 4.94. The lowest BCUT2D eigenvalue weighted by Gasteiger charge is -2.30. The van der Waals surface area contributed by atoms with Crippen LogP contribution in [0.5, 0.6) is 0 Å². The topological polar surface area (TPSA) is 17.8 Å². The largest absolute Gasteiger partial charge is 0.308 e. The molecule has 0 amide bonds. The van der Waals surface area contributed by atoms with Crippen LogP contribution in [0, 0.1) is 0 Å². The minimum atomic E-state index is -0.370. The van der Waals surface area contributed by atoms with Crippen molar-refractivity contribution in [3.8, 4) is 27.9 Å². The number of hydrogen-bond acceptors (Lipinski definition) is 2. The third kappa shape index (κ3) is 3.68. The number of hydrogen-bond donors (Lipinski definition) is 0. The average Bonchev–Trinajstić information content (AvgIpc) is 3.87. The number of allylic oxidation sites excluding steroid dienone is 2. The van der Waals surface area contributed by atoms with Crippen molar-refractivity contribution < 1.29 is 0 Å². The van der Waals surface area contributed by atoms with Gasteiger partial charge in [-0.25, -0.2) is 0 Å². The van der Waals surface area contributed by atoms with Crippen LogP contribution in [0.4, 0.5) is 0 Å². The molecule has 0 atom stereocenters. The Bertz CT molecular complexity index is 2760. The highest BCUT2D eigenvalue weighted by atomic mass is 32.1. The van der Waals surface area contributed by atoms with Crippen LogP contribution in [-0.4, -0.2) is 9.55 Å². The molecule has 3 heterocycles. The van der Waals surface area contributed by atoms with Crippen molar-refractivity contribution in [1.29, 1.82) is 0 Å². The molecule has 3 aromatic heterocycles. The maximum Gasteiger partial charge on any atom is 0.0963 e. The summed E-state index contributed by atoms with van der Waals surface area (Å²) < 4.78 is 5.06. The highest BCUT2D eigenvalue weighted by Gasteiger charge is 2.51. The van der Waals surface area contributed by atoms with Crippen LogP contribution in [0.3, 0.4) is 0 Å². The van der Waals surface area contributed by atoms with Gasteiger partial charge in [0.25, 0.3) is 0 Å². The molecular formula is C46H30N2S. The van der Waals surface area contributed by atoms with E-state index in [1.54, 1.807) is 12.2 Å². The normalized spacial score (nSPS) is 13.2. The molecule has 0 saturated carbocycles. The van der Waals surface area contributed by atoms with Gasteiger partial charge in [0.2, 0.25) is 0 Å². The predicted octanol–water partition coefficient (Wildman–Crippen LogP) is 12.2. The van der Waals surface area contributed by atoms with Crippen LogP contribution in [0.2, 0.25) is 0 Å². The van der Waals surface area contributed by atoms with E-state index in [-0.39, 0.29) is 5.41 Å². The number of rotatable bonds is 2. The Kier molecular flexibility index (Phi) is 6.00. The van der Waals surface area contributed by atoms with E-state index in [1.165, 1.54) is 75.6 Å². The summed E-state index contributed by atoms with van der Waals surface area (Å²) in [6.07, 6.45) is 5.20. The van der Waals surface area contributed by atoms with E-state index in [0.717, 1.165) is 16.7 Å². The standard InChI is InChI=1S/C42H24N2S.C4H6/c1-5-14-33-26(10-1)27-11-2-6-15-34(27)42(33)35-16-7-3-12-28(35)29-20-19-25(22-36(29)42)44-37-17-9-21-43-41(37)32-23-31-30-13-4-8-18-39(30)45-40(31)24-38(32)44;1-3-4-2/h1-24H;3-4H,1-2H2. The van der Waals surface area contributed by atoms with E-state index >= 15 is 0 Å². The van der Waals surface area contributed by atoms with Gasteiger partial charge in [-0.15, -0.1) is 11.3 Å². The van der Waals surface area contributed by atoms with E-state index in [2.05, 4.69) is 157 Å². The van der Waals surface area contributed by atoms with Crippen molar-refractivity contribution in [3.63, 3.8) is 0 Å². The molecule has 2 aliphatic carbocycles. The molecule has 2 nitrogen and oxygen atoms in total.